The summed E-state index contributed by atoms with van der Waals surface area (Å²) >= 11 is 12.1. The van der Waals surface area contributed by atoms with E-state index in [1.807, 2.05) is 12.1 Å². The highest BCUT2D eigenvalue weighted by molar-refractivity contribution is 9.11. The Morgan fingerprint density at radius 2 is 2.00 bits per heavy atom. The van der Waals surface area contributed by atoms with Crippen molar-refractivity contribution in [3.8, 4) is 5.75 Å². The number of rotatable bonds is 4. The van der Waals surface area contributed by atoms with Gasteiger partial charge in [0.05, 0.1) is 17.3 Å². The highest BCUT2D eigenvalue weighted by atomic mass is 79.9. The summed E-state index contributed by atoms with van der Waals surface area (Å²) in [7, 11) is 1.63. The molecule has 18 heavy (non-hydrogen) atoms. The van der Waals surface area contributed by atoms with Crippen LogP contribution in [0.4, 0.5) is 5.69 Å². The summed E-state index contributed by atoms with van der Waals surface area (Å²) in [4.78, 5) is 0. The number of halogens is 2. The number of anilines is 1. The van der Waals surface area contributed by atoms with Crippen molar-refractivity contribution in [2.75, 3.05) is 19.0 Å². The molecule has 6 heteroatoms. The SMILES string of the molecule is COc1cc(NC(=S)NCC(C)C)c(Br)cc1Br. The summed E-state index contributed by atoms with van der Waals surface area (Å²) < 4.78 is 7.06. The Hall–Kier alpha value is -0.330. The number of nitrogens with one attached hydrogen (secondary N) is 2. The molecule has 0 amide bonds. The predicted molar refractivity (Wildman–Crippen MR) is 87.5 cm³/mol. The van der Waals surface area contributed by atoms with Crippen LogP contribution in [0.3, 0.4) is 0 Å². The predicted octanol–water partition coefficient (Wildman–Crippen LogP) is 4.16. The van der Waals surface area contributed by atoms with E-state index in [1.165, 1.54) is 0 Å². The Bertz CT molecular complexity index is 438. The number of thiocarbonyl (C=S) groups is 1. The summed E-state index contributed by atoms with van der Waals surface area (Å²) in [6.07, 6.45) is 0. The second kappa shape index (κ2) is 7.31. The first kappa shape index (κ1) is 15.7. The normalized spacial score (nSPS) is 10.3. The van der Waals surface area contributed by atoms with Crippen molar-refractivity contribution < 1.29 is 4.74 Å². The molecular formula is C12H16Br2N2OS. The Kier molecular flexibility index (Phi) is 6.38. The van der Waals surface area contributed by atoms with Crippen molar-refractivity contribution in [2.45, 2.75) is 13.8 Å². The van der Waals surface area contributed by atoms with Crippen LogP contribution in [-0.4, -0.2) is 18.8 Å². The summed E-state index contributed by atoms with van der Waals surface area (Å²) in [5.74, 6) is 1.31. The summed E-state index contributed by atoms with van der Waals surface area (Å²) in [5.41, 5.74) is 0.872. The van der Waals surface area contributed by atoms with Gasteiger partial charge in [0.15, 0.2) is 5.11 Å². The van der Waals surface area contributed by atoms with Gasteiger partial charge in [0.25, 0.3) is 0 Å². The molecule has 2 N–H and O–H groups in total. The minimum atomic E-state index is 0.549. The second-order valence-electron chi connectivity index (χ2n) is 4.20. The van der Waals surface area contributed by atoms with Crippen molar-refractivity contribution in [3.63, 3.8) is 0 Å². The van der Waals surface area contributed by atoms with Crippen LogP contribution in [0.2, 0.25) is 0 Å². The average molecular weight is 396 g/mol. The zero-order chi connectivity index (χ0) is 13.7. The summed E-state index contributed by atoms with van der Waals surface area (Å²) in [5, 5.41) is 6.90. The van der Waals surface area contributed by atoms with Crippen LogP contribution in [-0.2, 0) is 0 Å². The van der Waals surface area contributed by atoms with Gasteiger partial charge in [-0.3, -0.25) is 0 Å². The van der Waals surface area contributed by atoms with E-state index in [0.29, 0.717) is 11.0 Å². The molecule has 0 aliphatic rings. The van der Waals surface area contributed by atoms with Crippen LogP contribution in [0.5, 0.6) is 5.75 Å². The lowest BCUT2D eigenvalue weighted by molar-refractivity contribution is 0.412. The molecule has 0 spiro atoms. The molecule has 0 saturated carbocycles. The van der Waals surface area contributed by atoms with Gasteiger partial charge >= 0.3 is 0 Å². The van der Waals surface area contributed by atoms with E-state index in [-0.39, 0.29) is 0 Å². The van der Waals surface area contributed by atoms with Crippen molar-refractivity contribution >= 4 is 54.9 Å². The smallest absolute Gasteiger partial charge is 0.170 e. The molecule has 0 fully saturated rings. The number of methoxy groups -OCH3 is 1. The van der Waals surface area contributed by atoms with Crippen molar-refractivity contribution in [2.24, 2.45) is 5.92 Å². The average Bonchev–Trinajstić information content (AvgIpc) is 2.30. The van der Waals surface area contributed by atoms with E-state index in [1.54, 1.807) is 7.11 Å². The van der Waals surface area contributed by atoms with E-state index >= 15 is 0 Å². The topological polar surface area (TPSA) is 33.3 Å². The van der Waals surface area contributed by atoms with Gasteiger partial charge in [-0.15, -0.1) is 0 Å². The number of ether oxygens (including phenoxy) is 1. The molecule has 0 unspecified atom stereocenters. The lowest BCUT2D eigenvalue weighted by Crippen LogP contribution is -2.31. The fraction of sp³-hybridized carbons (Fsp3) is 0.417. The van der Waals surface area contributed by atoms with Crippen molar-refractivity contribution in [1.82, 2.24) is 5.32 Å². The molecule has 100 valence electrons. The second-order valence-corrected chi connectivity index (χ2v) is 6.31. The van der Waals surface area contributed by atoms with Gasteiger partial charge in [0.1, 0.15) is 5.75 Å². The molecule has 0 heterocycles. The largest absolute Gasteiger partial charge is 0.495 e. The molecule has 0 radical (unpaired) electrons. The van der Waals surface area contributed by atoms with E-state index in [4.69, 9.17) is 17.0 Å². The molecule has 1 aromatic rings. The van der Waals surface area contributed by atoms with Gasteiger partial charge in [0.2, 0.25) is 0 Å². The first-order chi connectivity index (χ1) is 8.43. The Morgan fingerprint density at radius 1 is 1.33 bits per heavy atom. The van der Waals surface area contributed by atoms with E-state index in [2.05, 4.69) is 56.3 Å². The lowest BCUT2D eigenvalue weighted by Gasteiger charge is -2.14. The number of hydrogen-bond donors (Lipinski definition) is 2. The highest BCUT2D eigenvalue weighted by Crippen LogP contribution is 2.34. The Balaban J connectivity index is 2.75. The van der Waals surface area contributed by atoms with Crippen LogP contribution >= 0.6 is 44.1 Å². The first-order valence-corrected chi connectivity index (χ1v) is 7.51. The molecule has 1 aromatic carbocycles. The molecule has 0 saturated heterocycles. The quantitative estimate of drug-likeness (QED) is 0.749. The molecule has 0 aliphatic heterocycles. The van der Waals surface area contributed by atoms with Crippen LogP contribution < -0.4 is 15.4 Å². The third-order valence-electron chi connectivity index (χ3n) is 2.16. The van der Waals surface area contributed by atoms with Gasteiger partial charge in [0, 0.05) is 17.1 Å². The van der Waals surface area contributed by atoms with Crippen LogP contribution in [0.25, 0.3) is 0 Å². The maximum atomic E-state index is 5.25. The van der Waals surface area contributed by atoms with Gasteiger partial charge in [-0.1, -0.05) is 13.8 Å². The monoisotopic (exact) mass is 394 g/mol. The molecule has 0 bridgehead atoms. The third kappa shape index (κ3) is 4.74. The van der Waals surface area contributed by atoms with Crippen molar-refractivity contribution in [1.29, 1.82) is 0 Å². The number of hydrogen-bond acceptors (Lipinski definition) is 2. The van der Waals surface area contributed by atoms with Gasteiger partial charge in [-0.2, -0.15) is 0 Å². The van der Waals surface area contributed by atoms with Crippen LogP contribution in [0.15, 0.2) is 21.1 Å². The van der Waals surface area contributed by atoms with Gasteiger partial charge < -0.3 is 15.4 Å². The van der Waals surface area contributed by atoms with Gasteiger partial charge in [-0.25, -0.2) is 0 Å². The van der Waals surface area contributed by atoms with Crippen molar-refractivity contribution in [3.05, 3.63) is 21.1 Å². The number of benzene rings is 1. The maximum Gasteiger partial charge on any atom is 0.170 e. The van der Waals surface area contributed by atoms with Crippen LogP contribution in [0, 0.1) is 5.92 Å². The minimum absolute atomic E-state index is 0.549. The molecule has 0 atom stereocenters. The van der Waals surface area contributed by atoms with E-state index in [0.717, 1.165) is 26.9 Å². The first-order valence-electron chi connectivity index (χ1n) is 5.52. The standard InChI is InChI=1S/C12H16Br2N2OS/c1-7(2)6-15-12(18)16-10-5-11(17-3)9(14)4-8(10)13/h4-5,7H,6H2,1-3H3,(H2,15,16,18). The third-order valence-corrected chi connectivity index (χ3v) is 3.68. The van der Waals surface area contributed by atoms with Gasteiger partial charge in [-0.05, 0) is 56.1 Å². The van der Waals surface area contributed by atoms with E-state index in [9.17, 15) is 0 Å². The Labute approximate surface area is 130 Å². The minimum Gasteiger partial charge on any atom is -0.495 e. The molecule has 0 aliphatic carbocycles. The van der Waals surface area contributed by atoms with E-state index < -0.39 is 0 Å². The fourth-order valence-electron chi connectivity index (χ4n) is 1.24. The zero-order valence-corrected chi connectivity index (χ0v) is 14.5. The molecule has 0 aromatic heterocycles. The summed E-state index contributed by atoms with van der Waals surface area (Å²) in [6.45, 7) is 5.11. The molecule has 3 nitrogen and oxygen atoms in total. The fourth-order valence-corrected chi connectivity index (χ4v) is 2.69. The Morgan fingerprint density at radius 3 is 2.56 bits per heavy atom. The highest BCUT2D eigenvalue weighted by Gasteiger charge is 2.08. The molecular weight excluding hydrogens is 380 g/mol. The molecule has 1 rings (SSSR count). The van der Waals surface area contributed by atoms with Crippen LogP contribution in [0.1, 0.15) is 13.8 Å². The summed E-state index contributed by atoms with van der Waals surface area (Å²) in [6, 6.07) is 3.81. The zero-order valence-electron chi connectivity index (χ0n) is 10.5. The maximum absolute atomic E-state index is 5.25. The lowest BCUT2D eigenvalue weighted by atomic mass is 10.2.